The van der Waals surface area contributed by atoms with Crippen molar-refractivity contribution in [2.75, 3.05) is 0 Å². The van der Waals surface area contributed by atoms with E-state index in [9.17, 15) is 12.6 Å². The molecule has 0 aliphatic carbocycles. The monoisotopic (exact) mass is 310 g/mol. The van der Waals surface area contributed by atoms with Gasteiger partial charge in [0.05, 0.1) is 4.90 Å². The lowest BCUT2D eigenvalue weighted by Gasteiger charge is -2.04. The molecule has 0 radical (unpaired) electrons. The molecule has 0 aliphatic rings. The molecule has 0 heterocycles. The van der Waals surface area contributed by atoms with Crippen molar-refractivity contribution in [3.8, 4) is 0 Å². The van der Waals surface area contributed by atoms with Crippen molar-refractivity contribution in [3.63, 3.8) is 0 Å². The van der Waals surface area contributed by atoms with Crippen LogP contribution >= 0.6 is 0 Å². The predicted molar refractivity (Wildman–Crippen MR) is 78.2 cm³/mol. The van der Waals surface area contributed by atoms with Gasteiger partial charge in [0.25, 0.3) is 10.1 Å². The van der Waals surface area contributed by atoms with Crippen LogP contribution in [0.4, 0.5) is 0 Å². The summed E-state index contributed by atoms with van der Waals surface area (Å²) in [6.45, 7) is 0. The maximum Gasteiger partial charge on any atom is 0.294 e. The molecule has 0 bridgehead atoms. The van der Waals surface area contributed by atoms with E-state index in [1.54, 1.807) is 12.1 Å². The molecule has 1 unspecified atom stereocenters. The Morgan fingerprint density at radius 1 is 0.850 bits per heavy atom. The summed E-state index contributed by atoms with van der Waals surface area (Å²) in [5.41, 5.74) is 1.77. The molecule has 1 N–H and O–H groups in total. The van der Waals surface area contributed by atoms with E-state index in [2.05, 4.69) is 0 Å². The van der Waals surface area contributed by atoms with Crippen LogP contribution in [0.15, 0.2) is 59.5 Å². The number of rotatable bonds is 5. The van der Waals surface area contributed by atoms with Gasteiger partial charge in [-0.2, -0.15) is 8.42 Å². The van der Waals surface area contributed by atoms with Crippen molar-refractivity contribution in [1.29, 1.82) is 0 Å². The first-order chi connectivity index (χ1) is 9.45. The standard InChI is InChI=1S/C14H14O4S2/c15-19(10-12-4-2-1-3-5-12)11-13-6-8-14(9-7-13)20(16,17)18/h1-9H,10-11H2,(H,16,17,18). The zero-order valence-corrected chi connectivity index (χ0v) is 12.2. The van der Waals surface area contributed by atoms with Crippen LogP contribution in [0, 0.1) is 0 Å². The Labute approximate surface area is 120 Å². The van der Waals surface area contributed by atoms with Gasteiger partial charge in [-0.15, -0.1) is 0 Å². The van der Waals surface area contributed by atoms with Crippen LogP contribution in [0.5, 0.6) is 0 Å². The zero-order valence-electron chi connectivity index (χ0n) is 10.6. The molecule has 1 atom stereocenters. The van der Waals surface area contributed by atoms with Gasteiger partial charge >= 0.3 is 0 Å². The maximum atomic E-state index is 12.0. The highest BCUT2D eigenvalue weighted by atomic mass is 32.2. The Morgan fingerprint density at radius 2 is 1.35 bits per heavy atom. The molecule has 2 aromatic rings. The van der Waals surface area contributed by atoms with Gasteiger partial charge < -0.3 is 0 Å². The molecule has 2 rings (SSSR count). The second-order valence-corrected chi connectivity index (χ2v) is 7.21. The van der Waals surface area contributed by atoms with Gasteiger partial charge in [-0.05, 0) is 23.3 Å². The molecule has 106 valence electrons. The third kappa shape index (κ3) is 4.26. The summed E-state index contributed by atoms with van der Waals surface area (Å²) in [6, 6.07) is 15.3. The summed E-state index contributed by atoms with van der Waals surface area (Å²) in [5, 5.41) is 0. The molecule has 0 aliphatic heterocycles. The van der Waals surface area contributed by atoms with E-state index >= 15 is 0 Å². The van der Waals surface area contributed by atoms with Gasteiger partial charge in [-0.1, -0.05) is 42.5 Å². The Bertz CT molecular complexity index is 692. The van der Waals surface area contributed by atoms with Gasteiger partial charge in [0.15, 0.2) is 0 Å². The van der Waals surface area contributed by atoms with E-state index in [0.29, 0.717) is 11.5 Å². The summed E-state index contributed by atoms with van der Waals surface area (Å²) in [6.07, 6.45) is 0. The second-order valence-electron chi connectivity index (χ2n) is 4.33. The molecule has 0 saturated heterocycles. The summed E-state index contributed by atoms with van der Waals surface area (Å²) in [7, 11) is -5.23. The predicted octanol–water partition coefficient (Wildman–Crippen LogP) is 2.38. The number of benzene rings is 2. The normalized spacial score (nSPS) is 13.1. The fraction of sp³-hybridized carbons (Fsp3) is 0.143. The van der Waals surface area contributed by atoms with Crippen molar-refractivity contribution < 1.29 is 17.2 Å². The topological polar surface area (TPSA) is 71.4 Å². The molecule has 0 saturated carbocycles. The lowest BCUT2D eigenvalue weighted by molar-refractivity contribution is 0.483. The second kappa shape index (κ2) is 6.30. The van der Waals surface area contributed by atoms with Gasteiger partial charge in [-0.25, -0.2) is 0 Å². The van der Waals surface area contributed by atoms with E-state index in [-0.39, 0.29) is 4.90 Å². The highest BCUT2D eigenvalue weighted by Crippen LogP contribution is 2.13. The summed E-state index contributed by atoms with van der Waals surface area (Å²) < 4.78 is 42.7. The molecule has 0 aromatic heterocycles. The van der Waals surface area contributed by atoms with Gasteiger partial charge in [0.2, 0.25) is 0 Å². The number of hydrogen-bond acceptors (Lipinski definition) is 3. The third-order valence-electron chi connectivity index (χ3n) is 2.72. The Kier molecular flexibility index (Phi) is 4.69. The van der Waals surface area contributed by atoms with Gasteiger partial charge in [-0.3, -0.25) is 8.76 Å². The molecular formula is C14H14O4S2. The average molecular weight is 310 g/mol. The summed E-state index contributed by atoms with van der Waals surface area (Å²) in [5.74, 6) is 0.807. The summed E-state index contributed by atoms with van der Waals surface area (Å²) in [4.78, 5) is -0.157. The van der Waals surface area contributed by atoms with Gasteiger partial charge in [0.1, 0.15) is 0 Å². The molecule has 0 amide bonds. The average Bonchev–Trinajstić information content (AvgIpc) is 2.39. The van der Waals surface area contributed by atoms with Crippen molar-refractivity contribution in [2.24, 2.45) is 0 Å². The molecular weight excluding hydrogens is 296 g/mol. The first kappa shape index (κ1) is 14.9. The van der Waals surface area contributed by atoms with E-state index in [1.807, 2.05) is 30.3 Å². The minimum Gasteiger partial charge on any atom is -0.282 e. The Hall–Kier alpha value is -1.50. The highest BCUT2D eigenvalue weighted by molar-refractivity contribution is 7.85. The van der Waals surface area contributed by atoms with E-state index < -0.39 is 20.9 Å². The lowest BCUT2D eigenvalue weighted by Crippen LogP contribution is -2.01. The molecule has 4 nitrogen and oxygen atoms in total. The van der Waals surface area contributed by atoms with E-state index in [0.717, 1.165) is 11.1 Å². The van der Waals surface area contributed by atoms with Crippen LogP contribution in [0.1, 0.15) is 11.1 Å². The van der Waals surface area contributed by atoms with Crippen molar-refractivity contribution in [2.45, 2.75) is 16.4 Å². The first-order valence-electron chi connectivity index (χ1n) is 5.90. The van der Waals surface area contributed by atoms with Crippen LogP contribution in [0.3, 0.4) is 0 Å². The fourth-order valence-electron chi connectivity index (χ4n) is 1.75. The van der Waals surface area contributed by atoms with Crippen LogP contribution in [0.25, 0.3) is 0 Å². The van der Waals surface area contributed by atoms with Gasteiger partial charge in [0, 0.05) is 22.3 Å². The molecule has 20 heavy (non-hydrogen) atoms. The molecule has 6 heteroatoms. The van der Waals surface area contributed by atoms with Crippen molar-refractivity contribution in [1.82, 2.24) is 0 Å². The maximum absolute atomic E-state index is 12.0. The molecule has 0 fully saturated rings. The largest absolute Gasteiger partial charge is 0.294 e. The van der Waals surface area contributed by atoms with E-state index in [4.69, 9.17) is 4.55 Å². The number of hydrogen-bond donors (Lipinski definition) is 1. The smallest absolute Gasteiger partial charge is 0.282 e. The Balaban J connectivity index is 2.02. The van der Waals surface area contributed by atoms with E-state index in [1.165, 1.54) is 12.1 Å². The quantitative estimate of drug-likeness (QED) is 0.861. The zero-order chi connectivity index (χ0) is 14.6. The fourth-order valence-corrected chi connectivity index (χ4v) is 3.47. The third-order valence-corrected chi connectivity index (χ3v) is 4.90. The first-order valence-corrected chi connectivity index (χ1v) is 8.83. The molecule has 0 spiro atoms. The lowest BCUT2D eigenvalue weighted by atomic mass is 10.2. The highest BCUT2D eigenvalue weighted by Gasteiger charge is 2.09. The van der Waals surface area contributed by atoms with Crippen molar-refractivity contribution in [3.05, 3.63) is 65.7 Å². The van der Waals surface area contributed by atoms with Crippen LogP contribution < -0.4 is 0 Å². The van der Waals surface area contributed by atoms with Crippen LogP contribution in [0.2, 0.25) is 0 Å². The van der Waals surface area contributed by atoms with Crippen molar-refractivity contribution >= 4 is 20.9 Å². The molecule has 2 aromatic carbocycles. The van der Waals surface area contributed by atoms with Crippen LogP contribution in [-0.4, -0.2) is 17.2 Å². The Morgan fingerprint density at radius 3 is 1.85 bits per heavy atom. The minimum absolute atomic E-state index is 0.157. The van der Waals surface area contributed by atoms with Crippen LogP contribution in [-0.2, 0) is 32.4 Å². The SMILES string of the molecule is O=S(Cc1ccccc1)Cc1ccc(S(=O)(=O)O)cc1. The summed E-state index contributed by atoms with van der Waals surface area (Å²) >= 11 is 0. The minimum atomic E-state index is -4.17.